The van der Waals surface area contributed by atoms with E-state index in [1.54, 1.807) is 13.2 Å². The third kappa shape index (κ3) is 2.74. The topological polar surface area (TPSA) is 21.3 Å². The van der Waals surface area contributed by atoms with E-state index in [9.17, 15) is 4.39 Å². The Bertz CT molecular complexity index is 649. The molecule has 0 saturated carbocycles. The van der Waals surface area contributed by atoms with Gasteiger partial charge in [-0.2, -0.15) is 0 Å². The summed E-state index contributed by atoms with van der Waals surface area (Å²) in [7, 11) is 3.50. The zero-order valence-electron chi connectivity index (χ0n) is 12.0. The van der Waals surface area contributed by atoms with Gasteiger partial charge in [0.25, 0.3) is 0 Å². The fraction of sp³-hybridized carbons (Fsp3) is 0.375. The first-order chi connectivity index (χ1) is 10.1. The molecular weight excluding hydrogens is 353 g/mol. The second kappa shape index (κ2) is 6.07. The molecule has 1 aromatic carbocycles. The fourth-order valence-electron chi connectivity index (χ4n) is 2.89. The van der Waals surface area contributed by atoms with Crippen molar-refractivity contribution in [1.82, 2.24) is 5.32 Å². The molecule has 1 N–H and O–H groups in total. The minimum absolute atomic E-state index is 0.0208. The summed E-state index contributed by atoms with van der Waals surface area (Å²) in [6, 6.07) is 5.54. The van der Waals surface area contributed by atoms with Gasteiger partial charge in [-0.15, -0.1) is 11.3 Å². The van der Waals surface area contributed by atoms with Gasteiger partial charge in [-0.05, 0) is 59.9 Å². The van der Waals surface area contributed by atoms with E-state index in [1.807, 2.05) is 18.4 Å². The molecule has 0 fully saturated rings. The van der Waals surface area contributed by atoms with Crippen LogP contribution < -0.4 is 10.1 Å². The normalized spacial score (nSPS) is 15.0. The lowest BCUT2D eigenvalue weighted by Crippen LogP contribution is -2.17. The highest BCUT2D eigenvalue weighted by molar-refractivity contribution is 9.10. The van der Waals surface area contributed by atoms with Crippen LogP contribution in [0.1, 0.15) is 33.3 Å². The number of nitrogens with one attached hydrogen (secondary N) is 1. The van der Waals surface area contributed by atoms with Crippen LogP contribution in [0.3, 0.4) is 0 Å². The highest BCUT2D eigenvalue weighted by Gasteiger charge is 2.23. The number of hydrogen-bond acceptors (Lipinski definition) is 3. The number of thiophene rings is 1. The van der Waals surface area contributed by atoms with Crippen molar-refractivity contribution in [2.75, 3.05) is 14.2 Å². The van der Waals surface area contributed by atoms with E-state index in [0.717, 1.165) is 5.56 Å². The predicted molar refractivity (Wildman–Crippen MR) is 87.9 cm³/mol. The second-order valence-corrected chi connectivity index (χ2v) is 7.20. The second-order valence-electron chi connectivity index (χ2n) is 5.18. The van der Waals surface area contributed by atoms with E-state index >= 15 is 0 Å². The third-order valence-electron chi connectivity index (χ3n) is 3.92. The highest BCUT2D eigenvalue weighted by atomic mass is 79.9. The molecule has 2 nitrogen and oxygen atoms in total. The maximum Gasteiger partial charge on any atom is 0.141 e. The lowest BCUT2D eigenvalue weighted by atomic mass is 10.0. The Labute approximate surface area is 136 Å². The highest BCUT2D eigenvalue weighted by Crippen LogP contribution is 2.39. The Balaban J connectivity index is 2.04. The monoisotopic (exact) mass is 369 g/mol. The molecule has 1 atom stereocenters. The molecule has 112 valence electrons. The lowest BCUT2D eigenvalue weighted by molar-refractivity contribution is 0.401. The minimum atomic E-state index is -0.306. The van der Waals surface area contributed by atoms with E-state index in [1.165, 1.54) is 40.6 Å². The molecule has 0 aliphatic heterocycles. The van der Waals surface area contributed by atoms with Crippen LogP contribution in [0.25, 0.3) is 0 Å². The summed E-state index contributed by atoms with van der Waals surface area (Å²) in [6.45, 7) is 0. The molecule has 1 unspecified atom stereocenters. The van der Waals surface area contributed by atoms with Crippen LogP contribution >= 0.6 is 27.3 Å². The molecule has 2 aromatic rings. The first-order valence-corrected chi connectivity index (χ1v) is 8.56. The Morgan fingerprint density at radius 2 is 2.14 bits per heavy atom. The zero-order chi connectivity index (χ0) is 15.0. The van der Waals surface area contributed by atoms with Gasteiger partial charge in [0.15, 0.2) is 0 Å². The summed E-state index contributed by atoms with van der Waals surface area (Å²) in [5.41, 5.74) is 2.42. The van der Waals surface area contributed by atoms with Gasteiger partial charge in [-0.3, -0.25) is 0 Å². The third-order valence-corrected chi connectivity index (χ3v) is 5.83. The number of methoxy groups -OCH3 is 1. The average Bonchev–Trinajstić information content (AvgIpc) is 3.04. The first-order valence-electron chi connectivity index (χ1n) is 6.95. The Hall–Kier alpha value is -0.910. The van der Waals surface area contributed by atoms with E-state index in [-0.39, 0.29) is 11.9 Å². The van der Waals surface area contributed by atoms with Crippen LogP contribution in [0.4, 0.5) is 4.39 Å². The standard InChI is InChI=1S/C16H17BrFNOS/c1-19-16(15-6-9-4-3-5-14(9)21-15)10-7-11(17)12(18)8-13(10)20-2/h6-8,16,19H,3-5H2,1-2H3. The van der Waals surface area contributed by atoms with Crippen molar-refractivity contribution in [2.24, 2.45) is 0 Å². The molecule has 0 spiro atoms. The molecule has 5 heteroatoms. The average molecular weight is 370 g/mol. The quantitative estimate of drug-likeness (QED) is 0.858. The molecular formula is C16H17BrFNOS. The molecule has 21 heavy (non-hydrogen) atoms. The number of hydrogen-bond donors (Lipinski definition) is 1. The summed E-state index contributed by atoms with van der Waals surface area (Å²) in [5.74, 6) is 0.266. The molecule has 3 rings (SSSR count). The van der Waals surface area contributed by atoms with E-state index in [0.29, 0.717) is 10.2 Å². The van der Waals surface area contributed by atoms with Crippen LogP contribution in [0.5, 0.6) is 5.75 Å². The molecule has 1 aliphatic carbocycles. The van der Waals surface area contributed by atoms with Gasteiger partial charge in [0.2, 0.25) is 0 Å². The van der Waals surface area contributed by atoms with E-state index in [4.69, 9.17) is 4.74 Å². The molecule has 1 aromatic heterocycles. The number of ether oxygens (including phenoxy) is 1. The summed E-state index contributed by atoms with van der Waals surface area (Å²) in [4.78, 5) is 2.75. The van der Waals surface area contributed by atoms with Gasteiger partial charge < -0.3 is 10.1 Å². The van der Waals surface area contributed by atoms with Gasteiger partial charge in [0.1, 0.15) is 11.6 Å². The molecule has 0 amide bonds. The van der Waals surface area contributed by atoms with Crippen molar-refractivity contribution >= 4 is 27.3 Å². The van der Waals surface area contributed by atoms with Crippen molar-refractivity contribution in [2.45, 2.75) is 25.3 Å². The van der Waals surface area contributed by atoms with Crippen molar-refractivity contribution < 1.29 is 9.13 Å². The number of aryl methyl sites for hydroxylation is 2. The van der Waals surface area contributed by atoms with Gasteiger partial charge in [0.05, 0.1) is 17.6 Å². The summed E-state index contributed by atoms with van der Waals surface area (Å²) in [6.07, 6.45) is 3.62. The van der Waals surface area contributed by atoms with Crippen molar-refractivity contribution in [3.63, 3.8) is 0 Å². The van der Waals surface area contributed by atoms with Gasteiger partial charge in [-0.25, -0.2) is 4.39 Å². The van der Waals surface area contributed by atoms with Gasteiger partial charge >= 0.3 is 0 Å². The molecule has 0 radical (unpaired) electrons. The molecule has 1 aliphatic rings. The van der Waals surface area contributed by atoms with Crippen molar-refractivity contribution in [3.05, 3.63) is 49.4 Å². The van der Waals surface area contributed by atoms with Crippen LogP contribution in [0.2, 0.25) is 0 Å². The Morgan fingerprint density at radius 3 is 2.81 bits per heavy atom. The summed E-state index contributed by atoms with van der Waals surface area (Å²) < 4.78 is 19.5. The van der Waals surface area contributed by atoms with Crippen molar-refractivity contribution in [3.8, 4) is 5.75 Å². The van der Waals surface area contributed by atoms with Crippen LogP contribution in [0.15, 0.2) is 22.7 Å². The summed E-state index contributed by atoms with van der Waals surface area (Å²) >= 11 is 5.12. The molecule has 0 bridgehead atoms. The van der Waals surface area contributed by atoms with E-state index < -0.39 is 0 Å². The first kappa shape index (κ1) is 15.0. The summed E-state index contributed by atoms with van der Waals surface area (Å²) in [5, 5.41) is 3.33. The van der Waals surface area contributed by atoms with Gasteiger partial charge in [0, 0.05) is 21.4 Å². The predicted octanol–water partition coefficient (Wildman–Crippen LogP) is 4.46. The number of fused-ring (bicyclic) bond motifs is 1. The number of rotatable bonds is 4. The maximum absolute atomic E-state index is 13.7. The maximum atomic E-state index is 13.7. The SMILES string of the molecule is CNC(c1cc2c(s1)CCC2)c1cc(Br)c(F)cc1OC. The van der Waals surface area contributed by atoms with Crippen LogP contribution in [-0.4, -0.2) is 14.2 Å². The molecule has 1 heterocycles. The van der Waals surface area contributed by atoms with E-state index in [2.05, 4.69) is 27.3 Å². The Kier molecular flexibility index (Phi) is 4.33. The van der Waals surface area contributed by atoms with Gasteiger partial charge in [-0.1, -0.05) is 0 Å². The number of halogens is 2. The molecule has 0 saturated heterocycles. The Morgan fingerprint density at radius 1 is 1.33 bits per heavy atom. The lowest BCUT2D eigenvalue weighted by Gasteiger charge is -2.19. The van der Waals surface area contributed by atoms with Crippen molar-refractivity contribution in [1.29, 1.82) is 0 Å². The minimum Gasteiger partial charge on any atom is -0.496 e. The van der Waals surface area contributed by atoms with Crippen LogP contribution in [-0.2, 0) is 12.8 Å². The zero-order valence-corrected chi connectivity index (χ0v) is 14.4. The smallest absolute Gasteiger partial charge is 0.141 e. The van der Waals surface area contributed by atoms with Crippen LogP contribution in [0, 0.1) is 5.82 Å². The fourth-order valence-corrected chi connectivity index (χ4v) is 4.64. The largest absolute Gasteiger partial charge is 0.496 e. The number of benzene rings is 1.